The molecule has 2 saturated heterocycles. The molecule has 1 atom stereocenters. The van der Waals surface area contributed by atoms with Gasteiger partial charge >= 0.3 is 0 Å². The summed E-state index contributed by atoms with van der Waals surface area (Å²) in [7, 11) is 0. The molecule has 1 aromatic carbocycles. The summed E-state index contributed by atoms with van der Waals surface area (Å²) >= 11 is 0. The van der Waals surface area contributed by atoms with Crippen molar-refractivity contribution in [3.8, 4) is 0 Å². The first kappa shape index (κ1) is 18.6. The first-order valence-electron chi connectivity index (χ1n) is 9.91. The Bertz CT molecular complexity index is 817. The molecule has 1 unspecified atom stereocenters. The van der Waals surface area contributed by atoms with Crippen LogP contribution >= 0.6 is 0 Å². The zero-order valence-electron chi connectivity index (χ0n) is 15.9. The number of hydrogen-bond acceptors (Lipinski definition) is 4. The van der Waals surface area contributed by atoms with E-state index in [1.807, 2.05) is 41.3 Å². The topological polar surface area (TPSA) is 62.7 Å². The van der Waals surface area contributed by atoms with Gasteiger partial charge in [0.2, 0.25) is 5.91 Å². The highest BCUT2D eigenvalue weighted by Crippen LogP contribution is 2.23. The molecule has 1 aromatic heterocycles. The Morgan fingerprint density at radius 2 is 1.93 bits per heavy atom. The summed E-state index contributed by atoms with van der Waals surface area (Å²) in [5, 5.41) is 0. The van der Waals surface area contributed by atoms with Gasteiger partial charge in [-0.3, -0.25) is 14.6 Å². The number of rotatable bonds is 6. The molecule has 6 heteroatoms. The number of carbonyl (C=O) groups excluding carboxylic acids is 2. The largest absolute Gasteiger partial charge is 0.376 e. The third-order valence-electron chi connectivity index (χ3n) is 5.36. The third kappa shape index (κ3) is 4.22. The maximum Gasteiger partial charge on any atom is 0.254 e. The normalized spacial score (nSPS) is 19.2. The van der Waals surface area contributed by atoms with Gasteiger partial charge in [0.05, 0.1) is 6.10 Å². The van der Waals surface area contributed by atoms with Crippen molar-refractivity contribution in [2.45, 2.75) is 38.3 Å². The number of carbonyl (C=O) groups is 2. The summed E-state index contributed by atoms with van der Waals surface area (Å²) in [6.07, 6.45) is 7.09. The predicted octanol–water partition coefficient (Wildman–Crippen LogP) is 3.03. The van der Waals surface area contributed by atoms with Crippen LogP contribution in [0.2, 0.25) is 0 Å². The molecule has 2 aliphatic rings. The number of ether oxygens (including phenoxy) is 1. The molecule has 0 radical (unpaired) electrons. The molecule has 28 heavy (non-hydrogen) atoms. The molecule has 2 fully saturated rings. The summed E-state index contributed by atoms with van der Waals surface area (Å²) in [6, 6.07) is 11.2. The lowest BCUT2D eigenvalue weighted by molar-refractivity contribution is -0.117. The number of nitrogens with zero attached hydrogens (tertiary/aromatic N) is 3. The SMILES string of the molecule is O=C(c1ccc(N2CCCC2=O)cc1)N(Cc1ccncc1)CC1CCCO1. The molecule has 6 nitrogen and oxygen atoms in total. The van der Waals surface area contributed by atoms with E-state index in [2.05, 4.69) is 4.98 Å². The Balaban J connectivity index is 1.51. The van der Waals surface area contributed by atoms with E-state index in [9.17, 15) is 9.59 Å². The number of hydrogen-bond donors (Lipinski definition) is 0. The van der Waals surface area contributed by atoms with Crippen LogP contribution in [0, 0.1) is 0 Å². The number of aromatic nitrogens is 1. The zero-order chi connectivity index (χ0) is 19.3. The van der Waals surface area contributed by atoms with E-state index in [1.54, 1.807) is 17.3 Å². The van der Waals surface area contributed by atoms with Crippen molar-refractivity contribution in [2.24, 2.45) is 0 Å². The summed E-state index contributed by atoms with van der Waals surface area (Å²) in [4.78, 5) is 32.8. The Kier molecular flexibility index (Phi) is 5.67. The van der Waals surface area contributed by atoms with Gasteiger partial charge < -0.3 is 14.5 Å². The molecular formula is C22H25N3O3. The van der Waals surface area contributed by atoms with Gasteiger partial charge in [-0.15, -0.1) is 0 Å². The fourth-order valence-corrected chi connectivity index (χ4v) is 3.85. The second-order valence-corrected chi connectivity index (χ2v) is 7.37. The van der Waals surface area contributed by atoms with Crippen molar-refractivity contribution in [2.75, 3.05) is 24.6 Å². The van der Waals surface area contributed by atoms with Crippen LogP contribution in [0.5, 0.6) is 0 Å². The molecule has 0 bridgehead atoms. The monoisotopic (exact) mass is 379 g/mol. The molecule has 146 valence electrons. The van der Waals surface area contributed by atoms with Gasteiger partial charge in [0, 0.05) is 56.3 Å². The molecule has 2 amide bonds. The quantitative estimate of drug-likeness (QED) is 0.774. The molecule has 2 aliphatic heterocycles. The molecule has 0 spiro atoms. The van der Waals surface area contributed by atoms with Crippen molar-refractivity contribution >= 4 is 17.5 Å². The summed E-state index contributed by atoms with van der Waals surface area (Å²) in [6.45, 7) is 2.61. The maximum absolute atomic E-state index is 13.2. The lowest BCUT2D eigenvalue weighted by Gasteiger charge is -2.26. The Labute approximate surface area is 165 Å². The van der Waals surface area contributed by atoms with E-state index >= 15 is 0 Å². The van der Waals surface area contributed by atoms with Gasteiger partial charge in [0.15, 0.2) is 0 Å². The number of pyridine rings is 1. The first-order chi connectivity index (χ1) is 13.7. The van der Waals surface area contributed by atoms with E-state index in [0.29, 0.717) is 25.1 Å². The van der Waals surface area contributed by atoms with Crippen LogP contribution in [0.25, 0.3) is 0 Å². The van der Waals surface area contributed by atoms with Crippen molar-refractivity contribution in [3.05, 3.63) is 59.9 Å². The molecule has 2 aromatic rings. The molecular weight excluding hydrogens is 354 g/mol. The first-order valence-corrected chi connectivity index (χ1v) is 9.91. The van der Waals surface area contributed by atoms with Crippen molar-refractivity contribution < 1.29 is 14.3 Å². The highest BCUT2D eigenvalue weighted by molar-refractivity contribution is 5.97. The summed E-state index contributed by atoms with van der Waals surface area (Å²) in [5.74, 6) is 0.128. The molecule has 4 rings (SSSR count). The average Bonchev–Trinajstić information content (AvgIpc) is 3.39. The lowest BCUT2D eigenvalue weighted by Crippen LogP contribution is -2.37. The van der Waals surface area contributed by atoms with Crippen molar-refractivity contribution in [1.29, 1.82) is 0 Å². The Hall–Kier alpha value is -2.73. The second-order valence-electron chi connectivity index (χ2n) is 7.37. The van der Waals surface area contributed by atoms with Gasteiger partial charge in [-0.05, 0) is 61.2 Å². The number of amides is 2. The highest BCUT2D eigenvalue weighted by atomic mass is 16.5. The Morgan fingerprint density at radius 3 is 2.57 bits per heavy atom. The predicted molar refractivity (Wildman–Crippen MR) is 106 cm³/mol. The fourth-order valence-electron chi connectivity index (χ4n) is 3.85. The van der Waals surface area contributed by atoms with Gasteiger partial charge in [-0.25, -0.2) is 0 Å². The van der Waals surface area contributed by atoms with E-state index in [0.717, 1.165) is 43.7 Å². The lowest BCUT2D eigenvalue weighted by atomic mass is 10.1. The second kappa shape index (κ2) is 8.52. The van der Waals surface area contributed by atoms with Gasteiger partial charge in [0.1, 0.15) is 0 Å². The fraction of sp³-hybridized carbons (Fsp3) is 0.409. The summed E-state index contributed by atoms with van der Waals surface area (Å²) < 4.78 is 5.76. The van der Waals surface area contributed by atoms with E-state index < -0.39 is 0 Å². The highest BCUT2D eigenvalue weighted by Gasteiger charge is 2.25. The van der Waals surface area contributed by atoms with Gasteiger partial charge in [-0.1, -0.05) is 0 Å². The minimum Gasteiger partial charge on any atom is -0.376 e. The summed E-state index contributed by atoms with van der Waals surface area (Å²) in [5.41, 5.74) is 2.53. The molecule has 0 aliphatic carbocycles. The minimum atomic E-state index is -0.0217. The van der Waals surface area contributed by atoms with Crippen LogP contribution in [-0.2, 0) is 16.1 Å². The van der Waals surface area contributed by atoms with E-state index in [1.165, 1.54) is 0 Å². The van der Waals surface area contributed by atoms with Crippen LogP contribution in [0.3, 0.4) is 0 Å². The molecule has 0 N–H and O–H groups in total. The van der Waals surface area contributed by atoms with Gasteiger partial charge in [-0.2, -0.15) is 0 Å². The maximum atomic E-state index is 13.2. The minimum absolute atomic E-state index is 0.0217. The standard InChI is InChI=1S/C22H25N3O3/c26-21-4-1-13-25(21)19-7-5-18(6-8-19)22(27)24(16-20-3-2-14-28-20)15-17-9-11-23-12-10-17/h5-12,20H,1-4,13-16H2. The molecule has 0 saturated carbocycles. The van der Waals surface area contributed by atoms with E-state index in [4.69, 9.17) is 4.74 Å². The van der Waals surface area contributed by atoms with Crippen LogP contribution in [0.15, 0.2) is 48.8 Å². The van der Waals surface area contributed by atoms with Crippen LogP contribution in [0.1, 0.15) is 41.6 Å². The number of benzene rings is 1. The van der Waals surface area contributed by atoms with Crippen LogP contribution < -0.4 is 4.90 Å². The van der Waals surface area contributed by atoms with Crippen LogP contribution in [-0.4, -0.2) is 47.5 Å². The number of anilines is 1. The smallest absolute Gasteiger partial charge is 0.254 e. The van der Waals surface area contributed by atoms with Crippen molar-refractivity contribution in [3.63, 3.8) is 0 Å². The van der Waals surface area contributed by atoms with Crippen LogP contribution in [0.4, 0.5) is 5.69 Å². The molecule has 3 heterocycles. The van der Waals surface area contributed by atoms with Gasteiger partial charge in [0.25, 0.3) is 5.91 Å². The Morgan fingerprint density at radius 1 is 1.14 bits per heavy atom. The van der Waals surface area contributed by atoms with E-state index in [-0.39, 0.29) is 17.9 Å². The average molecular weight is 379 g/mol. The van der Waals surface area contributed by atoms with Crippen molar-refractivity contribution in [1.82, 2.24) is 9.88 Å². The third-order valence-corrected chi connectivity index (χ3v) is 5.36. The zero-order valence-corrected chi connectivity index (χ0v) is 15.9.